The molecule has 1 heterocycles. The third-order valence-corrected chi connectivity index (χ3v) is 4.93. The fraction of sp³-hybridized carbons (Fsp3) is 0.588. The van der Waals surface area contributed by atoms with Crippen LogP contribution < -0.4 is 5.73 Å². The smallest absolute Gasteiger partial charge is 0.226 e. The molecule has 22 heavy (non-hydrogen) atoms. The lowest BCUT2D eigenvalue weighted by molar-refractivity contribution is -0.136. The van der Waals surface area contributed by atoms with Crippen molar-refractivity contribution in [1.29, 1.82) is 0 Å². The van der Waals surface area contributed by atoms with Gasteiger partial charge in [-0.25, -0.2) is 8.78 Å². The molecule has 2 fully saturated rings. The minimum atomic E-state index is -0.845. The number of carbonyl (C=O) groups is 1. The first-order valence-corrected chi connectivity index (χ1v) is 8.00. The molecular formula is C17H22F2N2O. The van der Waals surface area contributed by atoms with E-state index in [9.17, 15) is 13.6 Å². The van der Waals surface area contributed by atoms with Gasteiger partial charge in [0, 0.05) is 24.5 Å². The van der Waals surface area contributed by atoms with Crippen molar-refractivity contribution in [1.82, 2.24) is 4.90 Å². The fourth-order valence-electron chi connectivity index (χ4n) is 3.61. The van der Waals surface area contributed by atoms with Gasteiger partial charge in [0.15, 0.2) is 11.6 Å². The van der Waals surface area contributed by atoms with Crippen LogP contribution in [0.25, 0.3) is 0 Å². The van der Waals surface area contributed by atoms with E-state index >= 15 is 0 Å². The first-order chi connectivity index (χ1) is 10.5. The number of piperidine rings is 1. The summed E-state index contributed by atoms with van der Waals surface area (Å²) in [7, 11) is 0. The van der Waals surface area contributed by atoms with Gasteiger partial charge in [0.2, 0.25) is 5.91 Å². The third-order valence-electron chi connectivity index (χ3n) is 4.93. The van der Waals surface area contributed by atoms with E-state index in [0.29, 0.717) is 12.0 Å². The minimum Gasteiger partial charge on any atom is -0.338 e. The quantitative estimate of drug-likeness (QED) is 0.933. The largest absolute Gasteiger partial charge is 0.338 e. The average molecular weight is 308 g/mol. The second-order valence-corrected chi connectivity index (χ2v) is 6.55. The van der Waals surface area contributed by atoms with Crippen LogP contribution in [0.15, 0.2) is 18.2 Å². The lowest BCUT2D eigenvalue weighted by Crippen LogP contribution is -2.52. The van der Waals surface area contributed by atoms with Crippen LogP contribution in [0.4, 0.5) is 8.78 Å². The summed E-state index contributed by atoms with van der Waals surface area (Å²) < 4.78 is 27.2. The molecule has 1 saturated heterocycles. The summed E-state index contributed by atoms with van der Waals surface area (Å²) >= 11 is 0. The molecule has 2 N–H and O–H groups in total. The van der Waals surface area contributed by atoms with Crippen molar-refractivity contribution >= 4 is 5.91 Å². The van der Waals surface area contributed by atoms with Crippen LogP contribution in [-0.2, 0) is 4.79 Å². The molecule has 1 aliphatic carbocycles. The van der Waals surface area contributed by atoms with Crippen LogP contribution in [0, 0.1) is 17.6 Å². The van der Waals surface area contributed by atoms with Crippen molar-refractivity contribution in [3.8, 4) is 0 Å². The number of benzene rings is 1. The molecule has 1 aliphatic heterocycles. The Morgan fingerprint density at radius 3 is 2.86 bits per heavy atom. The highest BCUT2D eigenvalue weighted by molar-refractivity contribution is 5.83. The molecule has 120 valence electrons. The van der Waals surface area contributed by atoms with Gasteiger partial charge < -0.3 is 10.6 Å². The monoisotopic (exact) mass is 308 g/mol. The van der Waals surface area contributed by atoms with Gasteiger partial charge in [-0.05, 0) is 50.2 Å². The van der Waals surface area contributed by atoms with Crippen LogP contribution in [0.2, 0.25) is 0 Å². The van der Waals surface area contributed by atoms with Gasteiger partial charge in [-0.15, -0.1) is 0 Å². The van der Waals surface area contributed by atoms with E-state index in [0.717, 1.165) is 31.9 Å². The predicted octanol–water partition coefficient (Wildman–Crippen LogP) is 2.80. The number of hydrogen-bond donors (Lipinski definition) is 1. The number of nitrogens with two attached hydrogens (primary N) is 1. The van der Waals surface area contributed by atoms with Crippen molar-refractivity contribution in [2.75, 3.05) is 6.54 Å². The highest BCUT2D eigenvalue weighted by Gasteiger charge is 2.48. The van der Waals surface area contributed by atoms with E-state index in [1.54, 1.807) is 6.07 Å². The molecule has 4 atom stereocenters. The van der Waals surface area contributed by atoms with Crippen LogP contribution in [-0.4, -0.2) is 29.4 Å². The normalized spacial score (nSPS) is 29.3. The van der Waals surface area contributed by atoms with Gasteiger partial charge in [0.25, 0.3) is 0 Å². The molecule has 1 amide bonds. The zero-order valence-electron chi connectivity index (χ0n) is 12.8. The summed E-state index contributed by atoms with van der Waals surface area (Å²) in [6.45, 7) is 2.65. The van der Waals surface area contributed by atoms with Crippen LogP contribution in [0.3, 0.4) is 0 Å². The second-order valence-electron chi connectivity index (χ2n) is 6.55. The molecule has 2 aliphatic rings. The maximum atomic E-state index is 13.9. The molecule has 3 rings (SSSR count). The summed E-state index contributed by atoms with van der Waals surface area (Å²) in [6, 6.07) is 4.19. The molecule has 3 nitrogen and oxygen atoms in total. The Hall–Kier alpha value is -1.49. The Bertz CT molecular complexity index is 576. The van der Waals surface area contributed by atoms with Crippen molar-refractivity contribution in [2.45, 2.75) is 50.6 Å². The predicted molar refractivity (Wildman–Crippen MR) is 80.2 cm³/mol. The fourth-order valence-corrected chi connectivity index (χ4v) is 3.61. The Balaban J connectivity index is 1.73. The van der Waals surface area contributed by atoms with Gasteiger partial charge >= 0.3 is 0 Å². The van der Waals surface area contributed by atoms with Gasteiger partial charge in [-0.3, -0.25) is 4.79 Å². The molecule has 1 saturated carbocycles. The maximum absolute atomic E-state index is 13.9. The lowest BCUT2D eigenvalue weighted by Gasteiger charge is -2.38. The number of likely N-dealkylation sites (tertiary alicyclic amines) is 1. The van der Waals surface area contributed by atoms with E-state index < -0.39 is 11.6 Å². The van der Waals surface area contributed by atoms with E-state index in [4.69, 9.17) is 5.73 Å². The van der Waals surface area contributed by atoms with Gasteiger partial charge in [-0.1, -0.05) is 12.1 Å². The average Bonchev–Trinajstić information content (AvgIpc) is 3.29. The highest BCUT2D eigenvalue weighted by Crippen LogP contribution is 2.50. The number of rotatable bonds is 3. The Morgan fingerprint density at radius 1 is 1.36 bits per heavy atom. The Kier molecular flexibility index (Phi) is 4.17. The van der Waals surface area contributed by atoms with Gasteiger partial charge in [0.05, 0.1) is 0 Å². The molecule has 0 unspecified atom stereocenters. The number of halogens is 2. The molecule has 0 radical (unpaired) electrons. The highest BCUT2D eigenvalue weighted by atomic mass is 19.2. The molecular weight excluding hydrogens is 286 g/mol. The summed E-state index contributed by atoms with van der Waals surface area (Å²) in [4.78, 5) is 14.6. The summed E-state index contributed by atoms with van der Waals surface area (Å²) in [5.41, 5.74) is 6.33. The molecule has 1 aromatic rings. The summed E-state index contributed by atoms with van der Waals surface area (Å²) in [5.74, 6) is -2.03. The van der Waals surface area contributed by atoms with E-state index in [-0.39, 0.29) is 29.8 Å². The minimum absolute atomic E-state index is 0.0515. The maximum Gasteiger partial charge on any atom is 0.226 e. The first-order valence-electron chi connectivity index (χ1n) is 8.00. The van der Waals surface area contributed by atoms with Crippen LogP contribution >= 0.6 is 0 Å². The number of nitrogens with zero attached hydrogens (tertiary/aromatic N) is 1. The standard InChI is InChI=1S/C17H22F2N2O/c1-10(20)15-7-2-3-8-21(15)17(22)13-9-12(13)11-5-4-6-14(18)16(11)19/h4-6,10,12-13,15H,2-3,7-9,20H2,1H3/t10-,12+,13-,15-/m0/s1. The third kappa shape index (κ3) is 2.74. The van der Waals surface area contributed by atoms with Crippen molar-refractivity contribution in [3.63, 3.8) is 0 Å². The first kappa shape index (κ1) is 15.4. The Labute approximate surface area is 129 Å². The van der Waals surface area contributed by atoms with Gasteiger partial charge in [0.1, 0.15) is 0 Å². The van der Waals surface area contributed by atoms with Crippen LogP contribution in [0.5, 0.6) is 0 Å². The SMILES string of the molecule is C[C@H](N)[C@@H]1CCCCN1C(=O)[C@H]1C[C@@H]1c1cccc(F)c1F. The topological polar surface area (TPSA) is 46.3 Å². The molecule has 0 bridgehead atoms. The van der Waals surface area contributed by atoms with Crippen molar-refractivity contribution in [2.24, 2.45) is 11.7 Å². The summed E-state index contributed by atoms with van der Waals surface area (Å²) in [5, 5.41) is 0. The zero-order chi connectivity index (χ0) is 15.9. The molecule has 5 heteroatoms. The Morgan fingerprint density at radius 2 is 2.14 bits per heavy atom. The number of hydrogen-bond acceptors (Lipinski definition) is 2. The lowest BCUT2D eigenvalue weighted by atomic mass is 9.96. The zero-order valence-corrected chi connectivity index (χ0v) is 12.8. The number of carbonyl (C=O) groups excluding carboxylic acids is 1. The summed E-state index contributed by atoms with van der Waals surface area (Å²) in [6.07, 6.45) is 3.60. The van der Waals surface area contributed by atoms with Crippen LogP contribution in [0.1, 0.15) is 44.1 Å². The molecule has 1 aromatic carbocycles. The second kappa shape index (κ2) is 5.95. The van der Waals surface area contributed by atoms with Gasteiger partial charge in [-0.2, -0.15) is 0 Å². The van der Waals surface area contributed by atoms with E-state index in [1.807, 2.05) is 11.8 Å². The van der Waals surface area contributed by atoms with Crippen molar-refractivity contribution in [3.05, 3.63) is 35.4 Å². The van der Waals surface area contributed by atoms with E-state index in [2.05, 4.69) is 0 Å². The molecule has 0 spiro atoms. The van der Waals surface area contributed by atoms with E-state index in [1.165, 1.54) is 6.07 Å². The van der Waals surface area contributed by atoms with Crippen molar-refractivity contribution < 1.29 is 13.6 Å². The number of amides is 1. The molecule has 0 aromatic heterocycles.